The third-order valence-electron chi connectivity index (χ3n) is 3.87. The molecule has 0 heterocycles. The van der Waals surface area contributed by atoms with Crippen molar-refractivity contribution >= 4 is 29.1 Å². The van der Waals surface area contributed by atoms with Gasteiger partial charge in [-0.1, -0.05) is 11.6 Å². The van der Waals surface area contributed by atoms with Gasteiger partial charge in [0.05, 0.1) is 23.1 Å². The molecule has 25 heavy (non-hydrogen) atoms. The van der Waals surface area contributed by atoms with Crippen LogP contribution in [0.4, 0.5) is 18.9 Å². The molecule has 2 N–H and O–H groups in total. The maximum Gasteiger partial charge on any atom is 0.418 e. The molecule has 1 saturated carbocycles. The molecule has 0 spiro atoms. The predicted molar refractivity (Wildman–Crippen MR) is 88.2 cm³/mol. The van der Waals surface area contributed by atoms with Crippen LogP contribution in [0, 0.1) is 11.8 Å². The first kappa shape index (κ1) is 19.5. The zero-order valence-electron chi connectivity index (χ0n) is 13.8. The van der Waals surface area contributed by atoms with Gasteiger partial charge < -0.3 is 15.5 Å². The molecule has 2 rings (SSSR count). The van der Waals surface area contributed by atoms with Crippen LogP contribution < -0.4 is 10.6 Å². The van der Waals surface area contributed by atoms with Crippen molar-refractivity contribution in [2.24, 2.45) is 11.8 Å². The van der Waals surface area contributed by atoms with Crippen LogP contribution in [0.3, 0.4) is 0 Å². The molecule has 1 aliphatic rings. The molecule has 1 aliphatic carbocycles. The van der Waals surface area contributed by atoms with Crippen molar-refractivity contribution in [3.8, 4) is 0 Å². The van der Waals surface area contributed by atoms with Crippen LogP contribution in [-0.2, 0) is 15.8 Å². The highest BCUT2D eigenvalue weighted by atomic mass is 35.5. The summed E-state index contributed by atoms with van der Waals surface area (Å²) in [5, 5.41) is 4.90. The van der Waals surface area contributed by atoms with Gasteiger partial charge in [-0.15, -0.1) is 0 Å². The summed E-state index contributed by atoms with van der Waals surface area (Å²) in [6.45, 7) is 1.11. The first-order chi connectivity index (χ1) is 11.6. The molecule has 0 aromatic heterocycles. The van der Waals surface area contributed by atoms with Gasteiger partial charge in [0, 0.05) is 18.1 Å². The standard InChI is InChI=1S/C16H19ClF3N3O2/c1-23(2)6-5-21-14(24)10-8-11(10)15(25)22-13-4-3-9(17)7-12(13)16(18,19)20/h3-4,7,10-11H,5-6,8H2,1-2H3,(H,21,24)(H,22,25). The second kappa shape index (κ2) is 7.61. The average Bonchev–Trinajstić information content (AvgIpc) is 3.28. The van der Waals surface area contributed by atoms with Crippen LogP contribution in [0.25, 0.3) is 0 Å². The van der Waals surface area contributed by atoms with Gasteiger partial charge in [-0.25, -0.2) is 0 Å². The minimum absolute atomic E-state index is 0.0742. The van der Waals surface area contributed by atoms with E-state index in [2.05, 4.69) is 10.6 Å². The lowest BCUT2D eigenvalue weighted by molar-refractivity contribution is -0.137. The first-order valence-corrected chi connectivity index (χ1v) is 8.07. The number of halogens is 4. The molecule has 5 nitrogen and oxygen atoms in total. The summed E-state index contributed by atoms with van der Waals surface area (Å²) in [6, 6.07) is 3.14. The van der Waals surface area contributed by atoms with Crippen molar-refractivity contribution < 1.29 is 22.8 Å². The number of anilines is 1. The number of likely N-dealkylation sites (N-methyl/N-ethyl adjacent to an activating group) is 1. The van der Waals surface area contributed by atoms with Crippen LogP contribution in [0.2, 0.25) is 5.02 Å². The zero-order chi connectivity index (χ0) is 18.8. The molecule has 0 aliphatic heterocycles. The van der Waals surface area contributed by atoms with E-state index in [9.17, 15) is 22.8 Å². The number of amides is 2. The number of carbonyl (C=O) groups excluding carboxylic acids is 2. The number of rotatable bonds is 6. The van der Waals surface area contributed by atoms with Crippen LogP contribution in [0.15, 0.2) is 18.2 Å². The van der Waals surface area contributed by atoms with E-state index < -0.39 is 29.5 Å². The van der Waals surface area contributed by atoms with Gasteiger partial charge in [0.25, 0.3) is 0 Å². The lowest BCUT2D eigenvalue weighted by Gasteiger charge is -2.14. The summed E-state index contributed by atoms with van der Waals surface area (Å²) in [5.41, 5.74) is -1.37. The van der Waals surface area contributed by atoms with E-state index >= 15 is 0 Å². The van der Waals surface area contributed by atoms with E-state index in [1.165, 1.54) is 6.07 Å². The van der Waals surface area contributed by atoms with Crippen molar-refractivity contribution in [1.29, 1.82) is 0 Å². The van der Waals surface area contributed by atoms with Crippen LogP contribution >= 0.6 is 11.6 Å². The Balaban J connectivity index is 1.95. The van der Waals surface area contributed by atoms with Crippen molar-refractivity contribution in [1.82, 2.24) is 10.2 Å². The van der Waals surface area contributed by atoms with Crippen LogP contribution in [0.5, 0.6) is 0 Å². The third-order valence-corrected chi connectivity index (χ3v) is 4.10. The molecule has 0 bridgehead atoms. The molecule has 138 valence electrons. The second-order valence-corrected chi connectivity index (χ2v) is 6.66. The summed E-state index contributed by atoms with van der Waals surface area (Å²) in [5.74, 6) is -1.96. The quantitative estimate of drug-likeness (QED) is 0.801. The summed E-state index contributed by atoms with van der Waals surface area (Å²) < 4.78 is 39.1. The van der Waals surface area contributed by atoms with Crippen molar-refractivity contribution in [2.75, 3.05) is 32.5 Å². The third kappa shape index (κ3) is 5.34. The van der Waals surface area contributed by atoms with E-state index in [-0.39, 0.29) is 16.6 Å². The fourth-order valence-electron chi connectivity index (χ4n) is 2.39. The number of alkyl halides is 3. The second-order valence-electron chi connectivity index (χ2n) is 6.22. The van der Waals surface area contributed by atoms with E-state index in [4.69, 9.17) is 11.6 Å². The monoisotopic (exact) mass is 377 g/mol. The van der Waals surface area contributed by atoms with Gasteiger partial charge in [-0.05, 0) is 38.7 Å². The lowest BCUT2D eigenvalue weighted by Crippen LogP contribution is -2.33. The van der Waals surface area contributed by atoms with Crippen LogP contribution in [-0.4, -0.2) is 43.9 Å². The molecule has 2 unspecified atom stereocenters. The molecular formula is C16H19ClF3N3O2. The zero-order valence-corrected chi connectivity index (χ0v) is 14.5. The van der Waals surface area contributed by atoms with Gasteiger partial charge in [0.15, 0.2) is 0 Å². The summed E-state index contributed by atoms with van der Waals surface area (Å²) in [7, 11) is 3.73. The number of carbonyl (C=O) groups is 2. The smallest absolute Gasteiger partial charge is 0.355 e. The van der Waals surface area contributed by atoms with Gasteiger partial charge in [0.2, 0.25) is 11.8 Å². The van der Waals surface area contributed by atoms with E-state index in [1.54, 1.807) is 0 Å². The Morgan fingerprint density at radius 3 is 2.48 bits per heavy atom. The van der Waals surface area contributed by atoms with Gasteiger partial charge >= 0.3 is 6.18 Å². The SMILES string of the molecule is CN(C)CCNC(=O)C1CC1C(=O)Nc1ccc(Cl)cc1C(F)(F)F. The highest BCUT2D eigenvalue weighted by molar-refractivity contribution is 6.30. The Kier molecular flexibility index (Phi) is 5.95. The topological polar surface area (TPSA) is 61.4 Å². The number of hydrogen-bond acceptors (Lipinski definition) is 3. The lowest BCUT2D eigenvalue weighted by atomic mass is 10.1. The minimum atomic E-state index is -4.64. The number of benzene rings is 1. The first-order valence-electron chi connectivity index (χ1n) is 7.69. The van der Waals surface area contributed by atoms with Crippen molar-refractivity contribution in [2.45, 2.75) is 12.6 Å². The summed E-state index contributed by atoms with van der Waals surface area (Å²) >= 11 is 5.60. The molecule has 1 aromatic carbocycles. The number of nitrogens with zero attached hydrogens (tertiary/aromatic N) is 1. The highest BCUT2D eigenvalue weighted by Crippen LogP contribution is 2.41. The Bertz CT molecular complexity index is 665. The fraction of sp³-hybridized carbons (Fsp3) is 0.500. The predicted octanol–water partition coefficient (Wildman–Crippen LogP) is 2.61. The maximum absolute atomic E-state index is 13.0. The molecule has 1 aromatic rings. The minimum Gasteiger partial charge on any atom is -0.355 e. The normalized spacial score (nSPS) is 19.6. The Labute approximate surface area is 148 Å². The molecule has 9 heteroatoms. The highest BCUT2D eigenvalue weighted by Gasteiger charge is 2.48. The van der Waals surface area contributed by atoms with E-state index in [0.29, 0.717) is 19.5 Å². The van der Waals surface area contributed by atoms with E-state index in [1.807, 2.05) is 19.0 Å². The Hall–Kier alpha value is -1.80. The molecule has 0 radical (unpaired) electrons. The van der Waals surface area contributed by atoms with Crippen LogP contribution in [0.1, 0.15) is 12.0 Å². The average molecular weight is 378 g/mol. The molecule has 0 saturated heterocycles. The maximum atomic E-state index is 13.0. The largest absolute Gasteiger partial charge is 0.418 e. The molecular weight excluding hydrogens is 359 g/mol. The molecule has 2 atom stereocenters. The fourth-order valence-corrected chi connectivity index (χ4v) is 2.57. The number of hydrogen-bond donors (Lipinski definition) is 2. The number of nitrogens with one attached hydrogen (secondary N) is 2. The van der Waals surface area contributed by atoms with Gasteiger partial charge in [-0.3, -0.25) is 9.59 Å². The van der Waals surface area contributed by atoms with Crippen molar-refractivity contribution in [3.63, 3.8) is 0 Å². The molecule has 1 fully saturated rings. The molecule has 2 amide bonds. The van der Waals surface area contributed by atoms with E-state index in [0.717, 1.165) is 12.1 Å². The Morgan fingerprint density at radius 2 is 1.88 bits per heavy atom. The summed E-state index contributed by atoms with van der Waals surface area (Å²) in [4.78, 5) is 26.0. The summed E-state index contributed by atoms with van der Waals surface area (Å²) in [6.07, 6.45) is -4.31. The Morgan fingerprint density at radius 1 is 1.24 bits per heavy atom. The van der Waals surface area contributed by atoms with Crippen molar-refractivity contribution in [3.05, 3.63) is 28.8 Å². The van der Waals surface area contributed by atoms with Gasteiger partial charge in [-0.2, -0.15) is 13.2 Å². The van der Waals surface area contributed by atoms with Gasteiger partial charge in [0.1, 0.15) is 0 Å².